The van der Waals surface area contributed by atoms with Crippen LogP contribution in [0.3, 0.4) is 0 Å². The molecule has 0 spiro atoms. The zero-order valence-electron chi connectivity index (χ0n) is 15.0. The SMILES string of the molecule is C=C(C)C(=O)O[C@@H]1[C@@H](O)[C@H](C)C2=CC(=O)[C@@](C)(C[C@@H]3OC(=O)C(=C)[C@@H]13)O2. The minimum absolute atomic E-state index is 0.0713. The number of carbonyl (C=O) groups is 3. The predicted octanol–water partition coefficient (Wildman–Crippen LogP) is 1.21. The molecule has 2 bridgehead atoms. The van der Waals surface area contributed by atoms with E-state index in [4.69, 9.17) is 14.2 Å². The number of aliphatic hydroxyl groups is 1. The Bertz CT molecular complexity index is 749. The summed E-state index contributed by atoms with van der Waals surface area (Å²) in [6.45, 7) is 12.1. The highest BCUT2D eigenvalue weighted by Crippen LogP contribution is 2.44. The summed E-state index contributed by atoms with van der Waals surface area (Å²) in [6, 6.07) is 0. The van der Waals surface area contributed by atoms with E-state index in [-0.39, 0.29) is 23.4 Å². The maximum Gasteiger partial charge on any atom is 0.334 e. The Morgan fingerprint density at radius 1 is 1.42 bits per heavy atom. The van der Waals surface area contributed by atoms with Crippen molar-refractivity contribution in [1.29, 1.82) is 0 Å². The highest BCUT2D eigenvalue weighted by Gasteiger charge is 2.56. The van der Waals surface area contributed by atoms with Crippen LogP contribution in [0.25, 0.3) is 0 Å². The van der Waals surface area contributed by atoms with Crippen LogP contribution < -0.4 is 0 Å². The average Bonchev–Trinajstić information content (AvgIpc) is 3.00. The molecule has 0 aromatic carbocycles. The first-order valence-corrected chi connectivity index (χ1v) is 8.44. The second kappa shape index (κ2) is 6.09. The fourth-order valence-electron chi connectivity index (χ4n) is 3.63. The van der Waals surface area contributed by atoms with Crippen LogP contribution in [0, 0.1) is 11.8 Å². The maximum atomic E-state index is 12.4. The van der Waals surface area contributed by atoms with Gasteiger partial charge in [-0.25, -0.2) is 9.59 Å². The zero-order valence-corrected chi connectivity index (χ0v) is 15.0. The van der Waals surface area contributed by atoms with Crippen molar-refractivity contribution in [3.8, 4) is 0 Å². The summed E-state index contributed by atoms with van der Waals surface area (Å²) < 4.78 is 16.7. The van der Waals surface area contributed by atoms with Crippen molar-refractivity contribution in [3.05, 3.63) is 36.1 Å². The zero-order chi connectivity index (χ0) is 19.4. The Morgan fingerprint density at radius 3 is 2.69 bits per heavy atom. The van der Waals surface area contributed by atoms with Crippen LogP contribution in [0.5, 0.6) is 0 Å². The fraction of sp³-hybridized carbons (Fsp3) is 0.526. The van der Waals surface area contributed by atoms with Crippen molar-refractivity contribution in [1.82, 2.24) is 0 Å². The molecule has 2 saturated heterocycles. The minimum atomic E-state index is -1.23. The number of carbonyl (C=O) groups excluding carboxylic acids is 3. The van der Waals surface area contributed by atoms with E-state index in [2.05, 4.69) is 13.2 Å². The summed E-state index contributed by atoms with van der Waals surface area (Å²) in [7, 11) is 0. The molecule has 3 heterocycles. The monoisotopic (exact) mass is 362 g/mol. The van der Waals surface area contributed by atoms with E-state index >= 15 is 0 Å². The third kappa shape index (κ3) is 2.76. The molecule has 3 aliphatic rings. The average molecular weight is 362 g/mol. The number of ketones is 1. The van der Waals surface area contributed by atoms with E-state index in [1.807, 2.05) is 0 Å². The molecule has 7 heteroatoms. The number of hydrogen-bond acceptors (Lipinski definition) is 7. The Labute approximate surface area is 151 Å². The Kier molecular flexibility index (Phi) is 4.30. The van der Waals surface area contributed by atoms with E-state index in [0.717, 1.165) is 0 Å². The molecule has 0 aliphatic carbocycles. The van der Waals surface area contributed by atoms with Crippen molar-refractivity contribution in [2.24, 2.45) is 11.8 Å². The summed E-state index contributed by atoms with van der Waals surface area (Å²) in [5, 5.41) is 10.9. The van der Waals surface area contributed by atoms with Gasteiger partial charge in [-0.15, -0.1) is 0 Å². The van der Waals surface area contributed by atoms with Gasteiger partial charge in [0.25, 0.3) is 0 Å². The van der Waals surface area contributed by atoms with Gasteiger partial charge in [0.05, 0.1) is 5.92 Å². The van der Waals surface area contributed by atoms with Crippen molar-refractivity contribution in [2.75, 3.05) is 0 Å². The van der Waals surface area contributed by atoms with Gasteiger partial charge in [-0.05, 0) is 13.8 Å². The largest absolute Gasteiger partial charge is 0.483 e. The fourth-order valence-corrected chi connectivity index (χ4v) is 3.63. The van der Waals surface area contributed by atoms with Gasteiger partial charge in [0, 0.05) is 29.6 Å². The van der Waals surface area contributed by atoms with Crippen LogP contribution in [0.15, 0.2) is 36.1 Å². The molecule has 3 aliphatic heterocycles. The topological polar surface area (TPSA) is 99.1 Å². The van der Waals surface area contributed by atoms with Gasteiger partial charge in [-0.3, -0.25) is 4.79 Å². The molecule has 2 fully saturated rings. The lowest BCUT2D eigenvalue weighted by atomic mass is 9.79. The first-order chi connectivity index (χ1) is 12.0. The predicted molar refractivity (Wildman–Crippen MR) is 89.6 cm³/mol. The third-order valence-electron chi connectivity index (χ3n) is 5.30. The molecule has 0 radical (unpaired) electrons. The van der Waals surface area contributed by atoms with E-state index < -0.39 is 47.7 Å². The van der Waals surface area contributed by atoms with E-state index in [0.29, 0.717) is 5.76 Å². The van der Waals surface area contributed by atoms with Gasteiger partial charge in [0.2, 0.25) is 5.78 Å². The quantitative estimate of drug-likeness (QED) is 0.582. The van der Waals surface area contributed by atoms with Gasteiger partial charge >= 0.3 is 11.9 Å². The van der Waals surface area contributed by atoms with Crippen LogP contribution in [-0.4, -0.2) is 46.7 Å². The molecule has 6 atom stereocenters. The van der Waals surface area contributed by atoms with Crippen molar-refractivity contribution in [3.63, 3.8) is 0 Å². The molecule has 26 heavy (non-hydrogen) atoms. The van der Waals surface area contributed by atoms with Crippen LogP contribution >= 0.6 is 0 Å². The number of ether oxygens (including phenoxy) is 3. The Balaban J connectivity index is 2.07. The molecule has 140 valence electrons. The lowest BCUT2D eigenvalue weighted by molar-refractivity contribution is -0.158. The molecule has 0 amide bonds. The first kappa shape index (κ1) is 18.4. The smallest absolute Gasteiger partial charge is 0.334 e. The summed E-state index contributed by atoms with van der Waals surface area (Å²) in [6.07, 6.45) is -1.70. The minimum Gasteiger partial charge on any atom is -0.483 e. The first-order valence-electron chi connectivity index (χ1n) is 8.44. The van der Waals surface area contributed by atoms with Crippen molar-refractivity contribution in [2.45, 2.75) is 51.1 Å². The van der Waals surface area contributed by atoms with Crippen LogP contribution in [0.4, 0.5) is 0 Å². The van der Waals surface area contributed by atoms with E-state index in [9.17, 15) is 19.5 Å². The van der Waals surface area contributed by atoms with Gasteiger partial charge in [0.15, 0.2) is 5.60 Å². The molecule has 7 nitrogen and oxygen atoms in total. The molecular weight excluding hydrogens is 340 g/mol. The molecule has 1 N–H and O–H groups in total. The van der Waals surface area contributed by atoms with Gasteiger partial charge in [-0.2, -0.15) is 0 Å². The summed E-state index contributed by atoms with van der Waals surface area (Å²) >= 11 is 0. The van der Waals surface area contributed by atoms with Crippen molar-refractivity contribution < 1.29 is 33.7 Å². The van der Waals surface area contributed by atoms with Gasteiger partial charge in [0.1, 0.15) is 24.1 Å². The molecule has 0 saturated carbocycles. The molecule has 3 rings (SSSR count). The second-order valence-corrected chi connectivity index (χ2v) is 7.37. The Hall–Kier alpha value is -2.41. The van der Waals surface area contributed by atoms with Crippen LogP contribution in [0.2, 0.25) is 0 Å². The maximum absolute atomic E-state index is 12.4. The van der Waals surface area contributed by atoms with Gasteiger partial charge in [-0.1, -0.05) is 20.1 Å². The normalized spacial score (nSPS) is 39.0. The lowest BCUT2D eigenvalue weighted by Gasteiger charge is -2.32. The highest BCUT2D eigenvalue weighted by molar-refractivity contribution is 5.99. The number of aliphatic hydroxyl groups excluding tert-OH is 1. The third-order valence-corrected chi connectivity index (χ3v) is 5.30. The Morgan fingerprint density at radius 2 is 2.08 bits per heavy atom. The van der Waals surface area contributed by atoms with Crippen LogP contribution in [-0.2, 0) is 28.6 Å². The number of hydrogen-bond donors (Lipinski definition) is 1. The number of rotatable bonds is 2. The molecule has 0 unspecified atom stereocenters. The van der Waals surface area contributed by atoms with Crippen molar-refractivity contribution >= 4 is 17.7 Å². The number of esters is 2. The molecular formula is C19H22O7. The lowest BCUT2D eigenvalue weighted by Crippen LogP contribution is -2.46. The summed E-state index contributed by atoms with van der Waals surface area (Å²) in [5.41, 5.74) is -0.940. The summed E-state index contributed by atoms with van der Waals surface area (Å²) in [5.74, 6) is -2.68. The highest BCUT2D eigenvalue weighted by atomic mass is 16.6. The molecule has 0 aromatic rings. The standard InChI is InChI=1S/C19H22O7/c1-8(2)17(22)25-16-14-10(4)18(23)24-12(14)7-19(5)13(20)6-11(26-19)9(3)15(16)21/h6,9,12,14-16,21H,1,4,7H2,2-3,5H3/t9-,12+,14-,15+,16+,19-/m1/s1. The van der Waals surface area contributed by atoms with Gasteiger partial charge < -0.3 is 19.3 Å². The van der Waals surface area contributed by atoms with Crippen LogP contribution in [0.1, 0.15) is 27.2 Å². The van der Waals surface area contributed by atoms with E-state index in [1.54, 1.807) is 13.8 Å². The molecule has 0 aromatic heterocycles. The summed E-state index contributed by atoms with van der Waals surface area (Å²) in [4.78, 5) is 36.6. The number of fused-ring (bicyclic) bond motifs is 3. The van der Waals surface area contributed by atoms with E-state index in [1.165, 1.54) is 13.0 Å². The second-order valence-electron chi connectivity index (χ2n) is 7.37.